The zero-order valence-corrected chi connectivity index (χ0v) is 16.7. The van der Waals surface area contributed by atoms with Crippen LogP contribution in [0.3, 0.4) is 0 Å². The summed E-state index contributed by atoms with van der Waals surface area (Å²) >= 11 is 0. The quantitative estimate of drug-likeness (QED) is 0.677. The molecule has 0 saturated carbocycles. The molecule has 0 aliphatic heterocycles. The number of amides is 1. The third-order valence-electron chi connectivity index (χ3n) is 4.89. The van der Waals surface area contributed by atoms with E-state index in [0.29, 0.717) is 17.1 Å². The molecule has 0 spiro atoms. The van der Waals surface area contributed by atoms with Gasteiger partial charge in [0.25, 0.3) is 0 Å². The van der Waals surface area contributed by atoms with Crippen molar-refractivity contribution in [2.45, 2.75) is 40.2 Å². The van der Waals surface area contributed by atoms with Gasteiger partial charge in [-0.25, -0.2) is 13.8 Å². The smallest absolute Gasteiger partial charge is 0.239 e. The predicted molar refractivity (Wildman–Crippen MR) is 107 cm³/mol. The van der Waals surface area contributed by atoms with Crippen molar-refractivity contribution in [1.82, 2.24) is 14.9 Å². The molecular formula is C21H24F2N4O. The Balaban J connectivity index is 2.13. The zero-order chi connectivity index (χ0) is 20.6. The van der Waals surface area contributed by atoms with E-state index in [0.717, 1.165) is 16.6 Å². The molecule has 0 unspecified atom stereocenters. The number of halogens is 2. The summed E-state index contributed by atoms with van der Waals surface area (Å²) in [7, 11) is 1.59. The Morgan fingerprint density at radius 2 is 1.96 bits per heavy atom. The maximum Gasteiger partial charge on any atom is 0.239 e. The molecule has 148 valence electrons. The second-order valence-corrected chi connectivity index (χ2v) is 7.20. The Labute approximate surface area is 162 Å². The van der Waals surface area contributed by atoms with Crippen LogP contribution >= 0.6 is 0 Å². The molecule has 28 heavy (non-hydrogen) atoms. The van der Waals surface area contributed by atoms with E-state index in [4.69, 9.17) is 0 Å². The van der Waals surface area contributed by atoms with Gasteiger partial charge in [-0.15, -0.1) is 0 Å². The van der Waals surface area contributed by atoms with Gasteiger partial charge < -0.3 is 15.2 Å². The van der Waals surface area contributed by atoms with Gasteiger partial charge in [-0.2, -0.15) is 0 Å². The average Bonchev–Trinajstić information content (AvgIpc) is 2.95. The number of rotatable bonds is 5. The van der Waals surface area contributed by atoms with Crippen LogP contribution in [0.1, 0.15) is 36.6 Å². The summed E-state index contributed by atoms with van der Waals surface area (Å²) < 4.78 is 30.3. The zero-order valence-electron chi connectivity index (χ0n) is 16.7. The first kappa shape index (κ1) is 19.8. The highest BCUT2D eigenvalue weighted by Crippen LogP contribution is 2.35. The second-order valence-electron chi connectivity index (χ2n) is 7.20. The van der Waals surface area contributed by atoms with Crippen LogP contribution in [0.25, 0.3) is 10.9 Å². The fourth-order valence-corrected chi connectivity index (χ4v) is 3.45. The second kappa shape index (κ2) is 7.58. The molecule has 5 nitrogen and oxygen atoms in total. The maximum absolute atomic E-state index is 14.5. The fourth-order valence-electron chi connectivity index (χ4n) is 3.45. The largest absolute Gasteiger partial charge is 0.358 e. The van der Waals surface area contributed by atoms with Gasteiger partial charge in [0.15, 0.2) is 11.6 Å². The number of fused-ring (bicyclic) bond motifs is 1. The lowest BCUT2D eigenvalue weighted by atomic mass is 9.97. The van der Waals surface area contributed by atoms with E-state index in [2.05, 4.69) is 15.6 Å². The van der Waals surface area contributed by atoms with Gasteiger partial charge in [0.1, 0.15) is 12.4 Å². The third-order valence-corrected chi connectivity index (χ3v) is 4.89. The van der Waals surface area contributed by atoms with E-state index < -0.39 is 11.6 Å². The van der Waals surface area contributed by atoms with Gasteiger partial charge in [0, 0.05) is 35.6 Å². The lowest BCUT2D eigenvalue weighted by molar-refractivity contribution is -0.121. The highest BCUT2D eigenvalue weighted by molar-refractivity contribution is 5.94. The summed E-state index contributed by atoms with van der Waals surface area (Å²) in [5.41, 5.74) is 3.15. The van der Waals surface area contributed by atoms with E-state index in [1.54, 1.807) is 20.2 Å². The Morgan fingerprint density at radius 3 is 2.61 bits per heavy atom. The molecule has 1 amide bonds. The van der Waals surface area contributed by atoms with Crippen LogP contribution in [0.2, 0.25) is 0 Å². The molecule has 1 aromatic carbocycles. The number of aromatic nitrogens is 2. The highest BCUT2D eigenvalue weighted by Gasteiger charge is 2.21. The summed E-state index contributed by atoms with van der Waals surface area (Å²) in [6, 6.07) is 4.95. The first-order valence-corrected chi connectivity index (χ1v) is 9.15. The maximum atomic E-state index is 14.5. The van der Waals surface area contributed by atoms with Crippen molar-refractivity contribution in [1.29, 1.82) is 0 Å². The molecular weight excluding hydrogens is 362 g/mol. The SMILES string of the molecule is CNC(=O)Cn1c(C)cc2c(Nc3c(C)cc(F)c(F)c3C(C)C)nccc21. The number of anilines is 2. The van der Waals surface area contributed by atoms with Gasteiger partial charge in [-0.05, 0) is 43.5 Å². The molecule has 3 aromatic rings. The van der Waals surface area contributed by atoms with E-state index in [1.165, 1.54) is 6.07 Å². The van der Waals surface area contributed by atoms with Gasteiger partial charge in [-0.1, -0.05) is 13.8 Å². The number of aryl methyl sites for hydroxylation is 2. The first-order chi connectivity index (χ1) is 13.2. The van der Waals surface area contributed by atoms with E-state index in [-0.39, 0.29) is 23.9 Å². The van der Waals surface area contributed by atoms with Crippen molar-refractivity contribution in [3.63, 3.8) is 0 Å². The van der Waals surface area contributed by atoms with Crippen LogP contribution in [-0.2, 0) is 11.3 Å². The highest BCUT2D eigenvalue weighted by atomic mass is 19.2. The molecule has 0 aliphatic carbocycles. The van der Waals surface area contributed by atoms with Crippen molar-refractivity contribution in [2.24, 2.45) is 0 Å². The standard InChI is InChI=1S/C21H24F2N4O/c1-11(2)18-19(23)15(22)8-12(3)20(18)26-21-14-9-13(4)27(10-17(28)24-5)16(14)6-7-25-21/h6-9,11H,10H2,1-5H3,(H,24,28)(H,25,26). The molecule has 0 atom stereocenters. The fraction of sp³-hybridized carbons (Fsp3) is 0.333. The Bertz CT molecular complexity index is 1060. The van der Waals surface area contributed by atoms with E-state index in [1.807, 2.05) is 37.5 Å². The number of hydrogen-bond donors (Lipinski definition) is 2. The van der Waals surface area contributed by atoms with Crippen LogP contribution < -0.4 is 10.6 Å². The van der Waals surface area contributed by atoms with Crippen molar-refractivity contribution in [3.05, 3.63) is 52.9 Å². The van der Waals surface area contributed by atoms with E-state index >= 15 is 0 Å². The number of pyridine rings is 1. The number of likely N-dealkylation sites (N-methyl/N-ethyl adjacent to an activating group) is 1. The molecule has 0 fully saturated rings. The van der Waals surface area contributed by atoms with Gasteiger partial charge in [0.2, 0.25) is 5.91 Å². The molecule has 2 heterocycles. The third kappa shape index (κ3) is 3.44. The lowest BCUT2D eigenvalue weighted by Crippen LogP contribution is -2.23. The summed E-state index contributed by atoms with van der Waals surface area (Å²) in [5, 5.41) is 6.64. The molecule has 3 rings (SSSR count). The van der Waals surface area contributed by atoms with Crippen LogP contribution in [0.5, 0.6) is 0 Å². The number of benzene rings is 1. The van der Waals surface area contributed by atoms with Crippen molar-refractivity contribution in [2.75, 3.05) is 12.4 Å². The molecule has 0 bridgehead atoms. The van der Waals surface area contributed by atoms with Crippen molar-refractivity contribution >= 4 is 28.3 Å². The topological polar surface area (TPSA) is 59.0 Å². The normalized spacial score (nSPS) is 11.3. The Morgan fingerprint density at radius 1 is 1.25 bits per heavy atom. The average molecular weight is 386 g/mol. The van der Waals surface area contributed by atoms with Crippen LogP contribution in [0.15, 0.2) is 24.4 Å². The number of carbonyl (C=O) groups is 1. The van der Waals surface area contributed by atoms with Gasteiger partial charge in [-0.3, -0.25) is 4.79 Å². The molecule has 7 heteroatoms. The monoisotopic (exact) mass is 386 g/mol. The minimum atomic E-state index is -0.856. The van der Waals surface area contributed by atoms with Crippen LogP contribution in [0, 0.1) is 25.5 Å². The Kier molecular flexibility index (Phi) is 5.36. The summed E-state index contributed by atoms with van der Waals surface area (Å²) in [5.74, 6) is -1.48. The lowest BCUT2D eigenvalue weighted by Gasteiger charge is -2.19. The van der Waals surface area contributed by atoms with Crippen LogP contribution in [-0.4, -0.2) is 22.5 Å². The van der Waals surface area contributed by atoms with Gasteiger partial charge >= 0.3 is 0 Å². The predicted octanol–water partition coefficient (Wildman–Crippen LogP) is 4.54. The number of nitrogens with zero attached hydrogens (tertiary/aromatic N) is 2. The van der Waals surface area contributed by atoms with E-state index in [9.17, 15) is 13.6 Å². The molecule has 2 N–H and O–H groups in total. The summed E-state index contributed by atoms with van der Waals surface area (Å²) in [6.07, 6.45) is 1.63. The summed E-state index contributed by atoms with van der Waals surface area (Å²) in [4.78, 5) is 16.3. The molecule has 2 aromatic heterocycles. The molecule has 0 saturated heterocycles. The Hall–Kier alpha value is -2.96. The minimum absolute atomic E-state index is 0.106. The minimum Gasteiger partial charge on any atom is -0.358 e. The van der Waals surface area contributed by atoms with Crippen molar-refractivity contribution < 1.29 is 13.6 Å². The number of carbonyl (C=O) groups excluding carboxylic acids is 1. The first-order valence-electron chi connectivity index (χ1n) is 9.15. The van der Waals surface area contributed by atoms with Gasteiger partial charge in [0.05, 0.1) is 5.52 Å². The van der Waals surface area contributed by atoms with Crippen LogP contribution in [0.4, 0.5) is 20.3 Å². The molecule has 0 radical (unpaired) electrons. The summed E-state index contributed by atoms with van der Waals surface area (Å²) in [6.45, 7) is 7.48. The molecule has 0 aliphatic rings. The van der Waals surface area contributed by atoms with Crippen molar-refractivity contribution in [3.8, 4) is 0 Å². The number of hydrogen-bond acceptors (Lipinski definition) is 3. The number of nitrogens with one attached hydrogen (secondary N) is 2.